The highest BCUT2D eigenvalue weighted by Gasteiger charge is 2.22. The molecule has 0 bridgehead atoms. The zero-order valence-corrected chi connectivity index (χ0v) is 18.0. The molecule has 0 aliphatic heterocycles. The van der Waals surface area contributed by atoms with Crippen molar-refractivity contribution >= 4 is 33.4 Å². The number of amides is 1. The molecule has 1 amide bonds. The molecule has 1 aromatic heterocycles. The molecule has 6 heteroatoms. The molecule has 1 N–H and O–H groups in total. The molecule has 0 aliphatic rings. The van der Waals surface area contributed by atoms with Gasteiger partial charge in [-0.3, -0.25) is 4.79 Å². The Morgan fingerprint density at radius 3 is 2.38 bits per heavy atom. The Morgan fingerprint density at radius 2 is 1.83 bits per heavy atom. The average Bonchev–Trinajstić information content (AvgIpc) is 2.75. The van der Waals surface area contributed by atoms with E-state index in [4.69, 9.17) is 4.43 Å². The van der Waals surface area contributed by atoms with E-state index in [0.717, 1.165) is 12.2 Å². The Hall–Kier alpha value is -1.54. The van der Waals surface area contributed by atoms with Gasteiger partial charge in [0.2, 0.25) is 14.2 Å². The quantitative estimate of drug-likeness (QED) is 0.782. The first-order chi connectivity index (χ1) is 11.0. The molecule has 1 heterocycles. The number of aromatic nitrogens is 1. The topological polar surface area (TPSA) is 43.3 Å². The SMILES string of the molecule is CC(=O)NCCc1cn([Si](C)(C)C)c2ccc(O[Si](C)(C)C)cc12. The highest BCUT2D eigenvalue weighted by atomic mass is 28.4. The Kier molecular flexibility index (Phi) is 5.29. The zero-order valence-electron chi connectivity index (χ0n) is 16.0. The second kappa shape index (κ2) is 6.76. The molecule has 0 saturated carbocycles. The minimum atomic E-state index is -1.63. The van der Waals surface area contributed by atoms with Gasteiger partial charge < -0.3 is 14.0 Å². The summed E-state index contributed by atoms with van der Waals surface area (Å²) in [6.07, 6.45) is 3.11. The minimum Gasteiger partial charge on any atom is -0.544 e. The number of nitrogens with zero attached hydrogens (tertiary/aromatic N) is 1. The third-order valence-electron chi connectivity index (χ3n) is 3.77. The van der Waals surface area contributed by atoms with Crippen LogP contribution in [0.1, 0.15) is 12.5 Å². The molecule has 2 rings (SSSR count). The van der Waals surface area contributed by atoms with Crippen LogP contribution in [0.4, 0.5) is 0 Å². The van der Waals surface area contributed by atoms with Crippen LogP contribution in [-0.2, 0) is 11.2 Å². The van der Waals surface area contributed by atoms with E-state index in [0.29, 0.717) is 6.54 Å². The van der Waals surface area contributed by atoms with Crippen molar-refractivity contribution in [1.82, 2.24) is 9.55 Å². The largest absolute Gasteiger partial charge is 0.544 e. The maximum Gasteiger partial charge on any atom is 0.242 e. The van der Waals surface area contributed by atoms with Gasteiger partial charge in [0, 0.05) is 24.4 Å². The van der Waals surface area contributed by atoms with Crippen LogP contribution < -0.4 is 9.74 Å². The van der Waals surface area contributed by atoms with Gasteiger partial charge in [0.05, 0.1) is 0 Å². The van der Waals surface area contributed by atoms with Crippen molar-refractivity contribution in [2.75, 3.05) is 6.54 Å². The van der Waals surface area contributed by atoms with E-state index in [1.165, 1.54) is 16.5 Å². The molecule has 132 valence electrons. The van der Waals surface area contributed by atoms with Crippen LogP contribution in [0.2, 0.25) is 39.3 Å². The van der Waals surface area contributed by atoms with Gasteiger partial charge in [-0.2, -0.15) is 0 Å². The standard InChI is InChI=1S/C18H30N2O2Si2/c1-14(21)19-11-10-15-13-20(23(2,3)4)18-9-8-16(12-17(15)18)22-24(5,6)7/h8-9,12-13H,10-11H2,1-7H3,(H,19,21). The van der Waals surface area contributed by atoms with Gasteiger partial charge in [-0.15, -0.1) is 0 Å². The molecular weight excluding hydrogens is 332 g/mol. The zero-order chi connectivity index (χ0) is 18.1. The van der Waals surface area contributed by atoms with E-state index in [-0.39, 0.29) is 5.91 Å². The summed E-state index contributed by atoms with van der Waals surface area (Å²) in [4.78, 5) is 11.1. The summed E-state index contributed by atoms with van der Waals surface area (Å²) in [5.74, 6) is 0.974. The number of carbonyl (C=O) groups excluding carboxylic acids is 1. The van der Waals surface area contributed by atoms with Gasteiger partial charge in [-0.1, -0.05) is 19.6 Å². The van der Waals surface area contributed by atoms with E-state index < -0.39 is 16.6 Å². The molecule has 0 unspecified atom stereocenters. The molecule has 24 heavy (non-hydrogen) atoms. The predicted octanol–water partition coefficient (Wildman–Crippen LogP) is 4.22. The van der Waals surface area contributed by atoms with E-state index in [2.05, 4.69) is 73.2 Å². The summed E-state index contributed by atoms with van der Waals surface area (Å²) in [6, 6.07) is 6.45. The van der Waals surface area contributed by atoms with Crippen molar-refractivity contribution in [1.29, 1.82) is 0 Å². The smallest absolute Gasteiger partial charge is 0.242 e. The Balaban J connectivity index is 2.45. The summed E-state index contributed by atoms with van der Waals surface area (Å²) >= 11 is 0. The van der Waals surface area contributed by atoms with Crippen LogP contribution in [0.15, 0.2) is 24.4 Å². The van der Waals surface area contributed by atoms with Crippen molar-refractivity contribution in [3.63, 3.8) is 0 Å². The third-order valence-corrected chi connectivity index (χ3v) is 6.44. The van der Waals surface area contributed by atoms with Crippen molar-refractivity contribution in [2.45, 2.75) is 52.6 Å². The van der Waals surface area contributed by atoms with Gasteiger partial charge in [-0.25, -0.2) is 0 Å². The summed E-state index contributed by atoms with van der Waals surface area (Å²) in [5.41, 5.74) is 2.55. The fourth-order valence-corrected chi connectivity index (χ4v) is 5.12. The van der Waals surface area contributed by atoms with Crippen molar-refractivity contribution in [3.8, 4) is 5.75 Å². The normalized spacial score (nSPS) is 12.5. The Bertz CT molecular complexity index is 740. The molecule has 2 aromatic rings. The van der Waals surface area contributed by atoms with Crippen molar-refractivity contribution in [3.05, 3.63) is 30.0 Å². The molecule has 0 aliphatic carbocycles. The highest BCUT2D eigenvalue weighted by Crippen LogP contribution is 2.30. The number of rotatable bonds is 6. The molecule has 0 saturated heterocycles. The van der Waals surface area contributed by atoms with Crippen LogP contribution in [0, 0.1) is 0 Å². The second-order valence-electron chi connectivity index (χ2n) is 8.32. The lowest BCUT2D eigenvalue weighted by Gasteiger charge is -2.21. The molecule has 0 spiro atoms. The first-order valence-electron chi connectivity index (χ1n) is 8.55. The summed E-state index contributed by atoms with van der Waals surface area (Å²) in [6.45, 7) is 15.8. The fraction of sp³-hybridized carbons (Fsp3) is 0.500. The van der Waals surface area contributed by atoms with Gasteiger partial charge >= 0.3 is 0 Å². The van der Waals surface area contributed by atoms with Gasteiger partial charge in [-0.05, 0) is 56.0 Å². The van der Waals surface area contributed by atoms with Gasteiger partial charge in [0.1, 0.15) is 5.75 Å². The van der Waals surface area contributed by atoms with Crippen molar-refractivity contribution in [2.24, 2.45) is 0 Å². The van der Waals surface area contributed by atoms with Crippen molar-refractivity contribution < 1.29 is 9.22 Å². The maximum atomic E-state index is 11.1. The number of hydrogen-bond donors (Lipinski definition) is 1. The van der Waals surface area contributed by atoms with Crippen LogP contribution in [0.5, 0.6) is 5.75 Å². The van der Waals surface area contributed by atoms with Gasteiger partial charge in [0.15, 0.2) is 8.24 Å². The lowest BCUT2D eigenvalue weighted by molar-refractivity contribution is -0.118. The monoisotopic (exact) mass is 362 g/mol. The van der Waals surface area contributed by atoms with Crippen LogP contribution in [0.3, 0.4) is 0 Å². The first kappa shape index (κ1) is 18.8. The molecule has 4 nitrogen and oxygen atoms in total. The van der Waals surface area contributed by atoms with E-state index in [1.807, 2.05) is 0 Å². The summed E-state index contributed by atoms with van der Waals surface area (Å²) < 4.78 is 8.62. The molecular formula is C18H30N2O2Si2. The molecule has 0 radical (unpaired) electrons. The number of carbonyl (C=O) groups is 1. The molecule has 0 fully saturated rings. The second-order valence-corrected chi connectivity index (χ2v) is 17.6. The predicted molar refractivity (Wildman–Crippen MR) is 107 cm³/mol. The van der Waals surface area contributed by atoms with Gasteiger partial charge in [0.25, 0.3) is 0 Å². The average molecular weight is 363 g/mol. The molecule has 0 atom stereocenters. The lowest BCUT2D eigenvalue weighted by atomic mass is 10.1. The highest BCUT2D eigenvalue weighted by molar-refractivity contribution is 6.75. The van der Waals surface area contributed by atoms with Crippen LogP contribution in [-0.4, -0.2) is 33.2 Å². The molecule has 1 aromatic carbocycles. The lowest BCUT2D eigenvalue weighted by Crippen LogP contribution is -2.31. The summed E-state index contributed by atoms with van der Waals surface area (Å²) in [5, 5.41) is 4.15. The van der Waals surface area contributed by atoms with E-state index >= 15 is 0 Å². The number of benzene rings is 1. The maximum absolute atomic E-state index is 11.1. The summed E-state index contributed by atoms with van der Waals surface area (Å²) in [7, 11) is -3.13. The number of nitrogens with one attached hydrogen (secondary N) is 1. The first-order valence-corrected chi connectivity index (χ1v) is 15.4. The Morgan fingerprint density at radius 1 is 1.17 bits per heavy atom. The van der Waals surface area contributed by atoms with E-state index in [9.17, 15) is 4.79 Å². The van der Waals surface area contributed by atoms with Crippen LogP contribution in [0.25, 0.3) is 10.9 Å². The fourth-order valence-electron chi connectivity index (χ4n) is 2.82. The minimum absolute atomic E-state index is 0.0201. The number of hydrogen-bond acceptors (Lipinski definition) is 2. The third kappa shape index (κ3) is 4.73. The van der Waals surface area contributed by atoms with E-state index in [1.54, 1.807) is 6.92 Å². The number of fused-ring (bicyclic) bond motifs is 1. The van der Waals surface area contributed by atoms with Crippen LogP contribution >= 0.6 is 0 Å². The Labute approximate surface area is 147 Å².